The van der Waals surface area contributed by atoms with Crippen molar-refractivity contribution in [2.24, 2.45) is 0 Å². The van der Waals surface area contributed by atoms with Crippen molar-refractivity contribution in [1.29, 1.82) is 0 Å². The lowest BCUT2D eigenvalue weighted by molar-refractivity contribution is -0.398. The summed E-state index contributed by atoms with van der Waals surface area (Å²) in [5, 5.41) is 326. The van der Waals surface area contributed by atoms with E-state index in [0.29, 0.717) is 0 Å². The number of aliphatic hydroxyl groups excluding tert-OH is 28. The maximum absolute atomic E-state index is 13.4. The van der Waals surface area contributed by atoms with Crippen LogP contribution in [0.15, 0.2) is 0 Å². The molecule has 8 aliphatic heterocycles. The summed E-state index contributed by atoms with van der Waals surface area (Å²) in [4.78, 5) is 51.4. The Balaban J connectivity index is 1.16. The maximum Gasteiger partial charge on any atom is 0.364 e. The second kappa shape index (κ2) is 42.3. The van der Waals surface area contributed by atoms with Gasteiger partial charge in [-0.3, -0.25) is 14.4 Å². The molecule has 45 atom stereocenters. The molecule has 8 fully saturated rings. The molecule has 0 aliphatic carbocycles. The molecule has 0 saturated carbocycles. The molecule has 0 spiro atoms. The Kier molecular flexibility index (Phi) is 35.5. The molecule has 0 bridgehead atoms. The van der Waals surface area contributed by atoms with Crippen LogP contribution in [-0.4, -0.2) is 513 Å². The van der Waals surface area contributed by atoms with Gasteiger partial charge in [-0.15, -0.1) is 0 Å². The molecule has 52 heteroatoms. The van der Waals surface area contributed by atoms with E-state index in [1.54, 1.807) is 0 Å². The lowest BCUT2D eigenvalue weighted by Crippen LogP contribution is -2.71. The Bertz CT molecular complexity index is 3020. The summed E-state index contributed by atoms with van der Waals surface area (Å²) in [6.45, 7) is -9.03. The Labute approximate surface area is 649 Å². The molecule has 0 unspecified atom stereocenters. The van der Waals surface area contributed by atoms with Crippen LogP contribution in [0.3, 0.4) is 0 Å². The fraction of sp³-hybridized carbons (Fsp3) is 0.937. The number of carbonyl (C=O) groups excluding carboxylic acids is 3. The van der Waals surface area contributed by atoms with E-state index in [9.17, 15) is 167 Å². The molecule has 115 heavy (non-hydrogen) atoms. The molecule has 8 rings (SSSR count). The molecule has 0 aromatic rings. The van der Waals surface area contributed by atoms with Crippen LogP contribution in [0, 0.1) is 0 Å². The van der Waals surface area contributed by atoms with E-state index in [0.717, 1.165) is 20.8 Å². The molecular weight excluding hydrogens is 1580 g/mol. The average molecular weight is 1690 g/mol. The van der Waals surface area contributed by atoms with Crippen LogP contribution in [-0.2, 0) is 95.0 Å². The van der Waals surface area contributed by atoms with Crippen LogP contribution >= 0.6 is 0 Å². The number of carbonyl (C=O) groups is 4. The third-order valence-corrected chi connectivity index (χ3v) is 20.6. The number of amides is 3. The first-order valence-corrected chi connectivity index (χ1v) is 36.2. The van der Waals surface area contributed by atoms with Gasteiger partial charge in [-0.05, 0) is 0 Å². The van der Waals surface area contributed by atoms with Crippen LogP contribution in [0.25, 0.3) is 0 Å². The zero-order chi connectivity index (χ0) is 85.4. The van der Waals surface area contributed by atoms with E-state index in [1.165, 1.54) is 0 Å². The van der Waals surface area contributed by atoms with Crippen LogP contribution < -0.4 is 16.0 Å². The highest BCUT2D eigenvalue weighted by atomic mass is 16.8. The molecule has 8 saturated heterocycles. The van der Waals surface area contributed by atoms with Crippen molar-refractivity contribution in [3.05, 3.63) is 0 Å². The van der Waals surface area contributed by atoms with Gasteiger partial charge in [0, 0.05) is 27.2 Å². The topological polar surface area (TPSA) is 839 Å². The molecule has 0 aromatic carbocycles. The minimum Gasteiger partial charge on any atom is -0.477 e. The van der Waals surface area contributed by atoms with Crippen molar-refractivity contribution in [2.45, 2.75) is 303 Å². The van der Waals surface area contributed by atoms with Gasteiger partial charge in [-0.2, -0.15) is 0 Å². The number of rotatable bonds is 35. The van der Waals surface area contributed by atoms with E-state index in [-0.39, 0.29) is 0 Å². The summed E-state index contributed by atoms with van der Waals surface area (Å²) in [7, 11) is 0. The van der Waals surface area contributed by atoms with Gasteiger partial charge in [0.25, 0.3) is 5.79 Å². The minimum atomic E-state index is -3.41. The van der Waals surface area contributed by atoms with Crippen molar-refractivity contribution < 1.29 is 243 Å². The quantitative estimate of drug-likeness (QED) is 0.0280. The first-order valence-electron chi connectivity index (χ1n) is 36.2. The van der Waals surface area contributed by atoms with Crippen molar-refractivity contribution >= 4 is 23.7 Å². The second-order valence-electron chi connectivity index (χ2n) is 28.7. The summed E-state index contributed by atoms with van der Waals surface area (Å²) in [6, 6.07) is -5.59. The van der Waals surface area contributed by atoms with Crippen molar-refractivity contribution in [1.82, 2.24) is 16.0 Å². The maximum atomic E-state index is 13.4. The van der Waals surface area contributed by atoms with Gasteiger partial charge >= 0.3 is 5.97 Å². The lowest BCUT2D eigenvalue weighted by atomic mass is 9.88. The van der Waals surface area contributed by atoms with Crippen molar-refractivity contribution in [2.75, 3.05) is 66.1 Å². The van der Waals surface area contributed by atoms with Gasteiger partial charge in [0.05, 0.1) is 78.2 Å². The highest BCUT2D eigenvalue weighted by molar-refractivity contribution is 5.77. The number of aliphatic carboxylic acids is 1. The zero-order valence-corrected chi connectivity index (χ0v) is 61.3. The van der Waals surface area contributed by atoms with E-state index in [4.69, 9.17) is 75.8 Å². The summed E-state index contributed by atoms with van der Waals surface area (Å²) in [5.74, 6) is -8.45. The molecular formula is C63H107N3O49. The predicted octanol–water partition coefficient (Wildman–Crippen LogP) is -21.4. The highest BCUT2D eigenvalue weighted by Crippen LogP contribution is 2.41. The number of hydrogen-bond acceptors (Lipinski definition) is 48. The number of nitrogens with one attached hydrogen (secondary N) is 3. The first-order chi connectivity index (χ1) is 54.2. The molecule has 32 N–H and O–H groups in total. The van der Waals surface area contributed by atoms with E-state index < -0.39 is 372 Å². The number of carboxylic acid groups (broad SMARTS) is 1. The number of hydrogen-bond donors (Lipinski definition) is 32. The van der Waals surface area contributed by atoms with Gasteiger partial charge < -0.3 is 240 Å². The van der Waals surface area contributed by atoms with Gasteiger partial charge in [-0.1, -0.05) is 0 Å². The third-order valence-electron chi connectivity index (χ3n) is 20.6. The molecule has 8 aliphatic rings. The van der Waals surface area contributed by atoms with Gasteiger partial charge in [0.15, 0.2) is 44.0 Å². The second-order valence-corrected chi connectivity index (χ2v) is 28.7. The Hall–Kier alpha value is -3.88. The monoisotopic (exact) mass is 1690 g/mol. The standard InChI is InChI=1S/C63H107N3O49/c1-15(75)64-29-18(78)4-63(62(98)99,114-51(29)33(83)20(80)6-68)115-54-36(86)24(10-72)104-61(47(54)97)113-53-38(88)28(14-101-56-31(66-17(3)77)40(90)50(26(12-74)106-56)111-58-44(94)42(92)35(85)23(9-71)103-58)108-60(46(53)96)112-52-37(87)27(107-59(45(52)95)109-48(21(81)7-69)32(82)19(79)5-67)13-100-55-30(65-16(2)76)39(89)49(25(11-73)105-55)110-57-43(93)41(91)34(84)22(8-70)102-57/h18-61,67-74,78-97H,4-14H2,1-3H3,(H,64,75)(H,65,76)(H,66,77)(H,98,99)/t18-,19-,20+,21+,22+,23+,24+,25+,26+,27+,28+,29+,30+,31+,32+,33+,34-,35-,36-,37-,38-,39+,40+,41-,42-,43+,44+,45+,46+,47+,48+,49+,50+,51+,52-,53-,54-,55+,56+,57-,58-,59-,60-,61-,63-/m0/s1. The van der Waals surface area contributed by atoms with Crippen LogP contribution in [0.1, 0.15) is 27.2 Å². The van der Waals surface area contributed by atoms with E-state index >= 15 is 0 Å². The fourth-order valence-electron chi connectivity index (χ4n) is 14.3. The largest absolute Gasteiger partial charge is 0.477 e. The Morgan fingerprint density at radius 1 is 0.374 bits per heavy atom. The summed E-state index contributed by atoms with van der Waals surface area (Å²) in [6.07, 6.45) is -92.5. The molecule has 0 aromatic heterocycles. The predicted molar refractivity (Wildman–Crippen MR) is 351 cm³/mol. The third kappa shape index (κ3) is 21.8. The normalized spacial score (nSPS) is 45.7. The minimum absolute atomic E-state index is 0.919. The van der Waals surface area contributed by atoms with Crippen LogP contribution in [0.5, 0.6) is 0 Å². The Morgan fingerprint density at radius 2 is 0.713 bits per heavy atom. The number of carboxylic acids is 1. The molecule has 0 radical (unpaired) electrons. The molecule has 8 heterocycles. The smallest absolute Gasteiger partial charge is 0.364 e. The number of aliphatic hydroxyl groups is 28. The van der Waals surface area contributed by atoms with Gasteiger partial charge in [-0.25, -0.2) is 4.79 Å². The van der Waals surface area contributed by atoms with E-state index in [1.807, 2.05) is 0 Å². The van der Waals surface area contributed by atoms with Crippen molar-refractivity contribution in [3.8, 4) is 0 Å². The van der Waals surface area contributed by atoms with E-state index in [2.05, 4.69) is 16.0 Å². The van der Waals surface area contributed by atoms with Crippen LogP contribution in [0.2, 0.25) is 0 Å². The molecule has 52 nitrogen and oxygen atoms in total. The summed E-state index contributed by atoms with van der Waals surface area (Å²) in [5.41, 5.74) is 0. The van der Waals surface area contributed by atoms with Gasteiger partial charge in [0.2, 0.25) is 17.7 Å². The average Bonchev–Trinajstić information content (AvgIpc) is 0.754. The molecule has 3 amide bonds. The highest BCUT2D eigenvalue weighted by Gasteiger charge is 2.63. The molecule has 668 valence electrons. The number of ether oxygens (including phenoxy) is 16. The summed E-state index contributed by atoms with van der Waals surface area (Å²) >= 11 is 0. The van der Waals surface area contributed by atoms with Crippen molar-refractivity contribution in [3.63, 3.8) is 0 Å². The van der Waals surface area contributed by atoms with Crippen LogP contribution in [0.4, 0.5) is 0 Å². The Morgan fingerprint density at radius 3 is 1.10 bits per heavy atom. The van der Waals surface area contributed by atoms with Gasteiger partial charge in [0.1, 0.15) is 214 Å². The fourth-order valence-corrected chi connectivity index (χ4v) is 14.3. The summed E-state index contributed by atoms with van der Waals surface area (Å²) < 4.78 is 93.1. The SMILES string of the molecule is CC(=O)N[C@H]1[C@H](OC[C@H]2O[C@@H](O[C@H]3[C@@H](O)[C@@H](CO[C@@H]4O[C@H](CO)[C@@H](O[C@@H]5O[C@H](CO)[C@H](O)[C@H](O)[C@H]5O)[C@H](O)[C@H]4NC(C)=O)O[C@@H](O[C@@H]([C@H](O)[C@@H](O)CO)[C@H](O)CO)[C@@H]3O)[C@H](O)[C@@H](O[C@@H]3O[C@H](CO)[C@H](O)[C@H](O[C@]4(C(=O)O)C[C@H](O)[C@@H](NC(C)=O)[C@H]([C@H](O)[C@H](O)CO)O4)[C@H]3O)[C@H]2O)O[C@H](CO)[C@@H](O[C@@H]2O[C@H](CO)[C@H](O)[C@H](O)[C@H]2O)[C@@H]1O. The zero-order valence-electron chi connectivity index (χ0n) is 61.3. The first kappa shape index (κ1) is 96.6. The lowest BCUT2D eigenvalue weighted by Gasteiger charge is -2.51.